The summed E-state index contributed by atoms with van der Waals surface area (Å²) in [6, 6.07) is 14.1. The van der Waals surface area contributed by atoms with E-state index in [2.05, 4.69) is 10.6 Å². The van der Waals surface area contributed by atoms with E-state index in [1.807, 2.05) is 18.2 Å². The second-order valence-electron chi connectivity index (χ2n) is 6.22. The van der Waals surface area contributed by atoms with Crippen molar-refractivity contribution in [2.24, 2.45) is 0 Å². The Kier molecular flexibility index (Phi) is 5.40. The molecule has 0 saturated heterocycles. The van der Waals surface area contributed by atoms with Gasteiger partial charge in [0.15, 0.2) is 11.9 Å². The van der Waals surface area contributed by atoms with Crippen LogP contribution in [0.15, 0.2) is 48.5 Å². The van der Waals surface area contributed by atoms with Gasteiger partial charge in [-0.05, 0) is 31.2 Å². The number of para-hydroxylation sites is 3. The third-order valence-corrected chi connectivity index (χ3v) is 4.32. The Balaban J connectivity index is 1.79. The molecule has 0 unspecified atom stereocenters. The molecule has 0 aromatic heterocycles. The normalized spacial score (nSPS) is 15.3. The number of benzene rings is 2. The van der Waals surface area contributed by atoms with Gasteiger partial charge in [0.05, 0.1) is 24.5 Å². The average Bonchev–Trinajstić information content (AvgIpc) is 2.67. The first-order valence-corrected chi connectivity index (χ1v) is 8.61. The molecule has 1 aliphatic heterocycles. The molecule has 0 saturated carbocycles. The van der Waals surface area contributed by atoms with Gasteiger partial charge in [0.25, 0.3) is 5.91 Å². The monoisotopic (exact) mass is 367 g/mol. The van der Waals surface area contributed by atoms with Gasteiger partial charge in [-0.2, -0.15) is 0 Å². The van der Waals surface area contributed by atoms with Gasteiger partial charge in [-0.1, -0.05) is 24.3 Å². The fraction of sp³-hybridized carbons (Fsp3) is 0.250. The highest BCUT2D eigenvalue weighted by Crippen LogP contribution is 2.33. The lowest BCUT2D eigenvalue weighted by Gasteiger charge is -2.35. The van der Waals surface area contributed by atoms with Gasteiger partial charge in [0, 0.05) is 12.6 Å². The van der Waals surface area contributed by atoms with Crippen LogP contribution in [-0.4, -0.2) is 43.8 Å². The average molecular weight is 367 g/mol. The molecule has 7 heteroatoms. The summed E-state index contributed by atoms with van der Waals surface area (Å²) < 4.78 is 5.74. The van der Waals surface area contributed by atoms with Gasteiger partial charge in [0.2, 0.25) is 5.91 Å². The number of hydrogen-bond donors (Lipinski definition) is 2. The van der Waals surface area contributed by atoms with Crippen molar-refractivity contribution < 1.29 is 19.1 Å². The molecular weight excluding hydrogens is 346 g/mol. The Labute approximate surface area is 157 Å². The molecule has 0 bridgehead atoms. The van der Waals surface area contributed by atoms with E-state index in [9.17, 15) is 14.4 Å². The molecule has 0 spiro atoms. The Bertz CT molecular complexity index is 881. The van der Waals surface area contributed by atoms with Crippen molar-refractivity contribution in [3.05, 3.63) is 54.1 Å². The number of hydrogen-bond acceptors (Lipinski definition) is 5. The zero-order chi connectivity index (χ0) is 19.4. The predicted molar refractivity (Wildman–Crippen MR) is 102 cm³/mol. The van der Waals surface area contributed by atoms with E-state index in [-0.39, 0.29) is 30.7 Å². The lowest BCUT2D eigenvalue weighted by molar-refractivity contribution is -0.127. The van der Waals surface area contributed by atoms with Crippen molar-refractivity contribution >= 4 is 29.0 Å². The number of carbonyl (C=O) groups excluding carboxylic acids is 3. The maximum absolute atomic E-state index is 12.6. The fourth-order valence-electron chi connectivity index (χ4n) is 3.02. The third kappa shape index (κ3) is 4.08. The standard InChI is InChI=1S/C20H21N3O4/c1-13(24)14-7-3-4-8-15(14)22-19(25)12-23-11-18(20(26)21-2)27-17-10-6-5-9-16(17)23/h3-10,18H,11-12H2,1-2H3,(H,21,26)(H,22,25)/t18-/m0/s1. The molecule has 1 aliphatic rings. The highest BCUT2D eigenvalue weighted by Gasteiger charge is 2.31. The minimum Gasteiger partial charge on any atom is -0.477 e. The first-order valence-electron chi connectivity index (χ1n) is 8.61. The number of nitrogens with zero attached hydrogens (tertiary/aromatic N) is 1. The molecule has 2 aromatic rings. The summed E-state index contributed by atoms with van der Waals surface area (Å²) in [4.78, 5) is 38.1. The summed E-state index contributed by atoms with van der Waals surface area (Å²) in [5.74, 6) is -0.107. The molecule has 140 valence electrons. The summed E-state index contributed by atoms with van der Waals surface area (Å²) >= 11 is 0. The summed E-state index contributed by atoms with van der Waals surface area (Å²) in [7, 11) is 1.54. The van der Waals surface area contributed by atoms with E-state index < -0.39 is 6.10 Å². The first kappa shape index (κ1) is 18.4. The molecule has 2 amide bonds. The number of nitrogens with one attached hydrogen (secondary N) is 2. The molecule has 1 atom stereocenters. The number of amides is 2. The van der Waals surface area contributed by atoms with Gasteiger partial charge in [0.1, 0.15) is 5.75 Å². The van der Waals surface area contributed by atoms with Gasteiger partial charge in [-0.25, -0.2) is 0 Å². The summed E-state index contributed by atoms with van der Waals surface area (Å²) in [6.07, 6.45) is -0.706. The molecule has 0 fully saturated rings. The maximum Gasteiger partial charge on any atom is 0.262 e. The number of anilines is 2. The smallest absolute Gasteiger partial charge is 0.262 e. The van der Waals surface area contributed by atoms with E-state index in [1.54, 1.807) is 42.3 Å². The lowest BCUT2D eigenvalue weighted by atomic mass is 10.1. The Morgan fingerprint density at radius 2 is 1.81 bits per heavy atom. The van der Waals surface area contributed by atoms with E-state index in [0.717, 1.165) is 5.69 Å². The zero-order valence-corrected chi connectivity index (χ0v) is 15.2. The van der Waals surface area contributed by atoms with Gasteiger partial charge >= 0.3 is 0 Å². The van der Waals surface area contributed by atoms with Crippen molar-refractivity contribution in [2.75, 3.05) is 30.4 Å². The van der Waals surface area contributed by atoms with Crippen LogP contribution < -0.4 is 20.3 Å². The number of Topliss-reactive ketones (excluding diaryl/α,β-unsaturated/α-hetero) is 1. The van der Waals surface area contributed by atoms with Crippen molar-refractivity contribution in [3.8, 4) is 5.75 Å². The van der Waals surface area contributed by atoms with Crippen molar-refractivity contribution in [1.29, 1.82) is 0 Å². The topological polar surface area (TPSA) is 87.7 Å². The maximum atomic E-state index is 12.6. The molecule has 1 heterocycles. The highest BCUT2D eigenvalue weighted by molar-refractivity contribution is 6.04. The number of ketones is 1. The molecule has 3 rings (SSSR count). The molecule has 2 N–H and O–H groups in total. The summed E-state index contributed by atoms with van der Waals surface area (Å²) in [5.41, 5.74) is 1.67. The van der Waals surface area contributed by atoms with Crippen molar-refractivity contribution in [1.82, 2.24) is 5.32 Å². The molecule has 0 radical (unpaired) electrons. The second-order valence-corrected chi connectivity index (χ2v) is 6.22. The van der Waals surface area contributed by atoms with Crippen LogP contribution in [0.2, 0.25) is 0 Å². The SMILES string of the molecule is CNC(=O)[C@@H]1CN(CC(=O)Nc2ccccc2C(C)=O)c2ccccc2O1. The Morgan fingerprint density at radius 3 is 2.56 bits per heavy atom. The van der Waals surface area contributed by atoms with E-state index in [0.29, 0.717) is 17.0 Å². The van der Waals surface area contributed by atoms with Crippen LogP contribution in [0, 0.1) is 0 Å². The molecule has 27 heavy (non-hydrogen) atoms. The van der Waals surface area contributed by atoms with Crippen molar-refractivity contribution in [3.63, 3.8) is 0 Å². The first-order chi connectivity index (χ1) is 13.0. The van der Waals surface area contributed by atoms with Crippen LogP contribution in [0.4, 0.5) is 11.4 Å². The molecule has 7 nitrogen and oxygen atoms in total. The predicted octanol–water partition coefficient (Wildman–Crippen LogP) is 1.84. The fourth-order valence-corrected chi connectivity index (χ4v) is 3.02. The molecule has 0 aliphatic carbocycles. The number of fused-ring (bicyclic) bond motifs is 1. The summed E-state index contributed by atoms with van der Waals surface area (Å²) in [6.45, 7) is 1.73. The number of ether oxygens (including phenoxy) is 1. The van der Waals surface area contributed by atoms with Crippen LogP contribution in [-0.2, 0) is 9.59 Å². The Hall–Kier alpha value is -3.35. The number of carbonyl (C=O) groups is 3. The summed E-state index contributed by atoms with van der Waals surface area (Å²) in [5, 5.41) is 5.36. The van der Waals surface area contributed by atoms with E-state index >= 15 is 0 Å². The number of rotatable bonds is 5. The van der Waals surface area contributed by atoms with Crippen LogP contribution in [0.5, 0.6) is 5.75 Å². The van der Waals surface area contributed by atoms with Crippen LogP contribution >= 0.6 is 0 Å². The largest absolute Gasteiger partial charge is 0.477 e. The van der Waals surface area contributed by atoms with Gasteiger partial charge in [-0.3, -0.25) is 14.4 Å². The highest BCUT2D eigenvalue weighted by atomic mass is 16.5. The van der Waals surface area contributed by atoms with Crippen LogP contribution in [0.1, 0.15) is 17.3 Å². The van der Waals surface area contributed by atoms with Gasteiger partial charge in [-0.15, -0.1) is 0 Å². The molecular formula is C20H21N3O4. The number of likely N-dealkylation sites (N-methyl/N-ethyl adjacent to an activating group) is 1. The third-order valence-electron chi connectivity index (χ3n) is 4.32. The van der Waals surface area contributed by atoms with E-state index in [4.69, 9.17) is 4.74 Å². The van der Waals surface area contributed by atoms with Crippen LogP contribution in [0.3, 0.4) is 0 Å². The van der Waals surface area contributed by atoms with E-state index in [1.165, 1.54) is 6.92 Å². The van der Waals surface area contributed by atoms with Crippen LogP contribution in [0.25, 0.3) is 0 Å². The zero-order valence-electron chi connectivity index (χ0n) is 15.2. The minimum absolute atomic E-state index is 0.0279. The Morgan fingerprint density at radius 1 is 1.11 bits per heavy atom. The lowest BCUT2D eigenvalue weighted by Crippen LogP contribution is -2.50. The second kappa shape index (κ2) is 7.90. The van der Waals surface area contributed by atoms with Crippen molar-refractivity contribution in [2.45, 2.75) is 13.0 Å². The minimum atomic E-state index is -0.706. The quantitative estimate of drug-likeness (QED) is 0.788. The van der Waals surface area contributed by atoms with Gasteiger partial charge < -0.3 is 20.3 Å². The molecule has 2 aromatic carbocycles.